The second kappa shape index (κ2) is 7.52. The summed E-state index contributed by atoms with van der Waals surface area (Å²) in [4.78, 5) is 10.9. The molecule has 0 radical (unpaired) electrons. The Morgan fingerprint density at radius 1 is 1.36 bits per heavy atom. The van der Waals surface area contributed by atoms with E-state index in [1.54, 1.807) is 6.92 Å². The molecule has 0 aliphatic carbocycles. The molecule has 11 heavy (non-hydrogen) atoms. The van der Waals surface area contributed by atoms with Crippen molar-refractivity contribution in [1.82, 2.24) is 0 Å². The van der Waals surface area contributed by atoms with Gasteiger partial charge >= 0.3 is 0 Å². The highest BCUT2D eigenvalue weighted by Crippen LogP contribution is 2.03. The van der Waals surface area contributed by atoms with Crippen LogP contribution >= 0.6 is 0 Å². The molecule has 0 atom stereocenters. The Labute approximate surface area is 70.5 Å². The second-order valence-corrected chi connectivity index (χ2v) is 2.66. The van der Waals surface area contributed by atoms with E-state index in [1.807, 2.05) is 0 Å². The van der Waals surface area contributed by atoms with Crippen LogP contribution in [-0.4, -0.2) is 5.78 Å². The van der Waals surface area contributed by atoms with Gasteiger partial charge in [0.25, 0.3) is 0 Å². The first-order chi connectivity index (χ1) is 4.68. The van der Waals surface area contributed by atoms with Gasteiger partial charge in [0.2, 0.25) is 0 Å². The molecule has 0 N–H and O–H groups in total. The Kier molecular flexibility index (Phi) is 8.91. The van der Waals surface area contributed by atoms with Crippen LogP contribution in [0, 0.1) is 0 Å². The van der Waals surface area contributed by atoms with Gasteiger partial charge < -0.3 is 0 Å². The summed E-state index contributed by atoms with van der Waals surface area (Å²) >= 11 is 0. The number of ketones is 1. The number of rotatable bonds is 5. The van der Waals surface area contributed by atoms with Crippen molar-refractivity contribution in [1.29, 1.82) is 0 Å². The smallest absolute Gasteiger partial charge is 0.157 e. The van der Waals surface area contributed by atoms with Crippen molar-refractivity contribution >= 4 is 5.78 Å². The van der Waals surface area contributed by atoms with Crippen molar-refractivity contribution in [3.05, 3.63) is 12.2 Å². The molecule has 1 nitrogen and oxygen atoms in total. The summed E-state index contributed by atoms with van der Waals surface area (Å²) < 4.78 is 0. The van der Waals surface area contributed by atoms with Crippen molar-refractivity contribution in [2.45, 2.75) is 47.0 Å². The highest BCUT2D eigenvalue weighted by molar-refractivity contribution is 5.93. The minimum atomic E-state index is 0. The fourth-order valence-corrected chi connectivity index (χ4v) is 0.749. The van der Waals surface area contributed by atoms with Crippen LogP contribution in [0.25, 0.3) is 0 Å². The highest BCUT2D eigenvalue weighted by atomic mass is 16.1. The molecule has 66 valence electrons. The van der Waals surface area contributed by atoms with E-state index < -0.39 is 0 Å². The SMILES string of the molecule is C.C=C(C)C(=O)CCCCC. The monoisotopic (exact) mass is 156 g/mol. The summed E-state index contributed by atoms with van der Waals surface area (Å²) in [5.74, 6) is 0.216. The van der Waals surface area contributed by atoms with E-state index in [4.69, 9.17) is 0 Å². The van der Waals surface area contributed by atoms with Gasteiger partial charge in [0.1, 0.15) is 0 Å². The number of carbonyl (C=O) groups excluding carboxylic acids is 1. The topological polar surface area (TPSA) is 17.1 Å². The van der Waals surface area contributed by atoms with Gasteiger partial charge in [0, 0.05) is 6.42 Å². The molecule has 0 unspecified atom stereocenters. The van der Waals surface area contributed by atoms with E-state index in [1.165, 1.54) is 6.42 Å². The van der Waals surface area contributed by atoms with E-state index in [9.17, 15) is 4.79 Å². The van der Waals surface area contributed by atoms with Gasteiger partial charge in [-0.2, -0.15) is 0 Å². The molecular formula is C10H20O. The molecule has 0 saturated heterocycles. The van der Waals surface area contributed by atoms with E-state index >= 15 is 0 Å². The van der Waals surface area contributed by atoms with E-state index in [0.29, 0.717) is 12.0 Å². The van der Waals surface area contributed by atoms with Gasteiger partial charge in [-0.1, -0.05) is 33.8 Å². The van der Waals surface area contributed by atoms with Crippen LogP contribution in [0.5, 0.6) is 0 Å². The molecular weight excluding hydrogens is 136 g/mol. The Morgan fingerprint density at radius 2 is 1.91 bits per heavy atom. The maximum absolute atomic E-state index is 10.9. The quantitative estimate of drug-likeness (QED) is 0.440. The lowest BCUT2D eigenvalue weighted by molar-refractivity contribution is -0.115. The minimum Gasteiger partial charge on any atom is -0.295 e. The summed E-state index contributed by atoms with van der Waals surface area (Å²) in [6.45, 7) is 7.49. The summed E-state index contributed by atoms with van der Waals surface area (Å²) in [5, 5.41) is 0. The van der Waals surface area contributed by atoms with Crippen molar-refractivity contribution in [2.75, 3.05) is 0 Å². The van der Waals surface area contributed by atoms with Crippen LogP contribution in [0.1, 0.15) is 47.0 Å². The third-order valence-electron chi connectivity index (χ3n) is 1.48. The highest BCUT2D eigenvalue weighted by Gasteiger charge is 1.99. The number of Topliss-reactive ketones (excluding diaryl/α,β-unsaturated/α-hetero) is 1. The Hall–Kier alpha value is -0.590. The fraction of sp³-hybridized carbons (Fsp3) is 0.700. The van der Waals surface area contributed by atoms with E-state index in [2.05, 4.69) is 13.5 Å². The molecule has 0 aromatic carbocycles. The van der Waals surface area contributed by atoms with Gasteiger partial charge in [-0.15, -0.1) is 0 Å². The standard InChI is InChI=1S/C9H16O.CH4/c1-4-5-6-7-9(10)8(2)3;/h2,4-7H2,1,3H3;1H4. The number of allylic oxidation sites excluding steroid dienone is 1. The van der Waals surface area contributed by atoms with Crippen molar-refractivity contribution in [3.63, 3.8) is 0 Å². The van der Waals surface area contributed by atoms with Gasteiger partial charge in [-0.05, 0) is 18.9 Å². The molecule has 0 saturated carbocycles. The first-order valence-electron chi connectivity index (χ1n) is 3.87. The Morgan fingerprint density at radius 3 is 2.27 bits per heavy atom. The average Bonchev–Trinajstić information content (AvgIpc) is 1.88. The van der Waals surface area contributed by atoms with E-state index in [-0.39, 0.29) is 13.2 Å². The van der Waals surface area contributed by atoms with Crippen molar-refractivity contribution in [2.24, 2.45) is 0 Å². The van der Waals surface area contributed by atoms with Crippen molar-refractivity contribution < 1.29 is 4.79 Å². The summed E-state index contributed by atoms with van der Waals surface area (Å²) in [6, 6.07) is 0. The lowest BCUT2D eigenvalue weighted by atomic mass is 10.1. The van der Waals surface area contributed by atoms with E-state index in [0.717, 1.165) is 12.8 Å². The molecule has 0 aromatic rings. The predicted octanol–water partition coefficient (Wildman–Crippen LogP) is 3.35. The van der Waals surface area contributed by atoms with Crippen LogP contribution in [0.3, 0.4) is 0 Å². The molecule has 0 aliphatic heterocycles. The Balaban J connectivity index is 0. The maximum atomic E-state index is 10.9. The normalized spacial score (nSPS) is 8.55. The number of hydrogen-bond donors (Lipinski definition) is 0. The third-order valence-corrected chi connectivity index (χ3v) is 1.48. The third kappa shape index (κ3) is 7.31. The largest absolute Gasteiger partial charge is 0.295 e. The first-order valence-corrected chi connectivity index (χ1v) is 3.87. The number of unbranched alkanes of at least 4 members (excludes halogenated alkanes) is 2. The maximum Gasteiger partial charge on any atom is 0.157 e. The predicted molar refractivity (Wildman–Crippen MR) is 50.7 cm³/mol. The van der Waals surface area contributed by atoms with Crippen LogP contribution in [0.15, 0.2) is 12.2 Å². The fourth-order valence-electron chi connectivity index (χ4n) is 0.749. The van der Waals surface area contributed by atoms with Crippen molar-refractivity contribution in [3.8, 4) is 0 Å². The molecule has 0 rings (SSSR count). The lowest BCUT2D eigenvalue weighted by Crippen LogP contribution is -1.97. The second-order valence-electron chi connectivity index (χ2n) is 2.66. The zero-order valence-corrected chi connectivity index (χ0v) is 6.94. The molecule has 1 heteroatoms. The molecule has 0 heterocycles. The average molecular weight is 156 g/mol. The van der Waals surface area contributed by atoms with Crippen LogP contribution in [0.2, 0.25) is 0 Å². The van der Waals surface area contributed by atoms with Gasteiger partial charge in [-0.3, -0.25) is 4.79 Å². The summed E-state index contributed by atoms with van der Waals surface area (Å²) in [7, 11) is 0. The number of carbonyl (C=O) groups is 1. The summed E-state index contributed by atoms with van der Waals surface area (Å²) in [6.07, 6.45) is 4.02. The molecule has 0 amide bonds. The lowest BCUT2D eigenvalue weighted by Gasteiger charge is -1.96. The Bertz CT molecular complexity index is 125. The molecule has 0 aromatic heterocycles. The van der Waals surface area contributed by atoms with Gasteiger partial charge in [-0.25, -0.2) is 0 Å². The molecule has 0 fully saturated rings. The minimum absolute atomic E-state index is 0. The van der Waals surface area contributed by atoms with Gasteiger partial charge in [0.05, 0.1) is 0 Å². The molecule has 0 aliphatic rings. The molecule has 0 spiro atoms. The molecule has 0 bridgehead atoms. The van der Waals surface area contributed by atoms with Crippen LogP contribution < -0.4 is 0 Å². The first kappa shape index (κ1) is 13.0. The number of hydrogen-bond acceptors (Lipinski definition) is 1. The zero-order valence-electron chi connectivity index (χ0n) is 6.94. The van der Waals surface area contributed by atoms with Crippen LogP contribution in [0.4, 0.5) is 0 Å². The summed E-state index contributed by atoms with van der Waals surface area (Å²) in [5.41, 5.74) is 0.691. The van der Waals surface area contributed by atoms with Gasteiger partial charge in [0.15, 0.2) is 5.78 Å². The van der Waals surface area contributed by atoms with Crippen LogP contribution in [-0.2, 0) is 4.79 Å². The zero-order chi connectivity index (χ0) is 7.98.